The predicted octanol–water partition coefficient (Wildman–Crippen LogP) is 2.57. The highest BCUT2D eigenvalue weighted by Gasteiger charge is 2.37. The van der Waals surface area contributed by atoms with Crippen molar-refractivity contribution in [1.82, 2.24) is 0 Å². The van der Waals surface area contributed by atoms with E-state index >= 15 is 0 Å². The lowest BCUT2D eigenvalue weighted by molar-refractivity contribution is -0.139. The number of aliphatic hydroxyl groups is 1. The van der Waals surface area contributed by atoms with Crippen molar-refractivity contribution in [3.63, 3.8) is 0 Å². The van der Waals surface area contributed by atoms with Gasteiger partial charge in [0, 0.05) is 5.69 Å². The molecule has 1 aromatic carbocycles. The summed E-state index contributed by atoms with van der Waals surface area (Å²) in [4.78, 5) is -1.01. The maximum absolute atomic E-state index is 13.1. The smallest absolute Gasteiger partial charge is 0.417 e. The first kappa shape index (κ1) is 19.3. The summed E-state index contributed by atoms with van der Waals surface area (Å²) in [5.74, 6) is 0.821. The molecule has 0 aliphatic carbocycles. The molecule has 0 spiro atoms. The first-order chi connectivity index (χ1) is 11.3. The maximum Gasteiger partial charge on any atom is 0.417 e. The lowest BCUT2D eigenvalue weighted by atomic mass is 10.0. The van der Waals surface area contributed by atoms with Crippen molar-refractivity contribution in [1.29, 1.82) is 0 Å². The predicted molar refractivity (Wildman–Crippen MR) is 84.3 cm³/mol. The molecule has 0 aliphatic heterocycles. The van der Waals surface area contributed by atoms with Gasteiger partial charge in [0.15, 0.2) is 0 Å². The van der Waals surface area contributed by atoms with Crippen LogP contribution in [0.1, 0.15) is 24.0 Å². The number of sulfonamides is 1. The van der Waals surface area contributed by atoms with E-state index < -0.39 is 32.3 Å². The number of benzene rings is 1. The Bertz CT molecular complexity index is 873. The Kier molecular flexibility index (Phi) is 4.90. The number of nitrogens with two attached hydrogens (primary N) is 1. The summed E-state index contributed by atoms with van der Waals surface area (Å²) < 4.78 is 67.2. The molecule has 0 amide bonds. The Balaban J connectivity index is 2.29. The van der Waals surface area contributed by atoms with Gasteiger partial charge >= 0.3 is 6.18 Å². The highest BCUT2D eigenvalue weighted by Crippen LogP contribution is 2.35. The molecule has 0 fully saturated rings. The minimum atomic E-state index is -4.90. The standard InChI is InChI=1S/C15H17F3N2O4S/c1-9-3-6-13(24-9)14(2,21)8-20-10-4-5-12(25(19,22)23)11(7-10)15(16,17)18/h3-7,20-21H,8H2,1-2H3,(H2,19,22,23). The number of alkyl halides is 3. The fourth-order valence-corrected chi connectivity index (χ4v) is 2.93. The fourth-order valence-electron chi connectivity index (χ4n) is 2.19. The molecular weight excluding hydrogens is 361 g/mol. The van der Waals surface area contributed by atoms with Gasteiger partial charge < -0.3 is 14.8 Å². The summed E-state index contributed by atoms with van der Waals surface area (Å²) in [6.45, 7) is 2.96. The van der Waals surface area contributed by atoms with Crippen LogP contribution in [0.5, 0.6) is 0 Å². The molecule has 1 atom stereocenters. The molecular formula is C15H17F3N2O4S. The number of rotatable bonds is 5. The zero-order chi connectivity index (χ0) is 19.0. The van der Waals surface area contributed by atoms with Crippen molar-refractivity contribution in [3.05, 3.63) is 47.4 Å². The second kappa shape index (κ2) is 6.36. The highest BCUT2D eigenvalue weighted by atomic mass is 32.2. The Morgan fingerprint density at radius 3 is 2.36 bits per heavy atom. The van der Waals surface area contributed by atoms with Gasteiger partial charge in [-0.15, -0.1) is 0 Å². The topological polar surface area (TPSA) is 106 Å². The van der Waals surface area contributed by atoms with Crippen molar-refractivity contribution in [3.8, 4) is 0 Å². The Hall–Kier alpha value is -2.04. The van der Waals surface area contributed by atoms with E-state index in [2.05, 4.69) is 5.32 Å². The van der Waals surface area contributed by atoms with Crippen LogP contribution in [0.4, 0.5) is 18.9 Å². The lowest BCUT2D eigenvalue weighted by Crippen LogP contribution is -2.30. The van der Waals surface area contributed by atoms with Crippen LogP contribution >= 0.6 is 0 Å². The minimum Gasteiger partial charge on any atom is -0.463 e. The molecule has 1 heterocycles. The van der Waals surface area contributed by atoms with Crippen molar-refractivity contribution in [2.75, 3.05) is 11.9 Å². The zero-order valence-electron chi connectivity index (χ0n) is 13.4. The summed E-state index contributed by atoms with van der Waals surface area (Å²) in [5, 5.41) is 17.8. The van der Waals surface area contributed by atoms with Crippen LogP contribution in [0, 0.1) is 6.92 Å². The van der Waals surface area contributed by atoms with E-state index in [9.17, 15) is 26.7 Å². The number of aryl methyl sites for hydroxylation is 1. The third kappa shape index (κ3) is 4.53. The van der Waals surface area contributed by atoms with Crippen LogP contribution in [0.25, 0.3) is 0 Å². The van der Waals surface area contributed by atoms with Crippen LogP contribution < -0.4 is 10.5 Å². The average molecular weight is 378 g/mol. The Morgan fingerprint density at radius 1 is 1.24 bits per heavy atom. The van der Waals surface area contributed by atoms with Crippen LogP contribution in [0.3, 0.4) is 0 Å². The van der Waals surface area contributed by atoms with Gasteiger partial charge in [-0.2, -0.15) is 13.2 Å². The molecule has 0 saturated heterocycles. The number of nitrogens with one attached hydrogen (secondary N) is 1. The van der Waals surface area contributed by atoms with Gasteiger partial charge in [0.05, 0.1) is 17.0 Å². The van der Waals surface area contributed by atoms with Crippen LogP contribution in [0.15, 0.2) is 39.6 Å². The molecule has 1 aromatic heterocycles. The quantitative estimate of drug-likeness (QED) is 0.742. The average Bonchev–Trinajstić information content (AvgIpc) is 2.90. The second-order valence-corrected chi connectivity index (χ2v) is 7.32. The van der Waals surface area contributed by atoms with Gasteiger partial charge in [-0.25, -0.2) is 13.6 Å². The molecule has 0 radical (unpaired) electrons. The molecule has 2 rings (SSSR count). The second-order valence-electron chi connectivity index (χ2n) is 5.79. The summed E-state index contributed by atoms with van der Waals surface area (Å²) in [6, 6.07) is 5.74. The van der Waals surface area contributed by atoms with Gasteiger partial charge in [0.1, 0.15) is 17.1 Å². The van der Waals surface area contributed by atoms with Gasteiger partial charge in [0.2, 0.25) is 10.0 Å². The first-order valence-electron chi connectivity index (χ1n) is 7.08. The van der Waals surface area contributed by atoms with E-state index in [4.69, 9.17) is 9.56 Å². The molecule has 0 bridgehead atoms. The molecule has 6 nitrogen and oxygen atoms in total. The fraction of sp³-hybridized carbons (Fsp3) is 0.333. The lowest BCUT2D eigenvalue weighted by Gasteiger charge is -2.22. The summed E-state index contributed by atoms with van der Waals surface area (Å²) in [7, 11) is -4.53. The van der Waals surface area contributed by atoms with E-state index in [1.165, 1.54) is 6.92 Å². The number of hydrogen-bond acceptors (Lipinski definition) is 5. The van der Waals surface area contributed by atoms with Crippen molar-refractivity contribution in [2.24, 2.45) is 5.14 Å². The number of hydrogen-bond donors (Lipinski definition) is 3. The number of anilines is 1. The zero-order valence-corrected chi connectivity index (χ0v) is 14.2. The molecule has 1 unspecified atom stereocenters. The molecule has 25 heavy (non-hydrogen) atoms. The van der Waals surface area contributed by atoms with Gasteiger partial charge in [-0.05, 0) is 44.2 Å². The molecule has 138 valence electrons. The van der Waals surface area contributed by atoms with E-state index in [0.29, 0.717) is 11.8 Å². The largest absolute Gasteiger partial charge is 0.463 e. The number of furan rings is 1. The molecule has 0 saturated carbocycles. The third-order valence-electron chi connectivity index (χ3n) is 3.50. The summed E-state index contributed by atoms with van der Waals surface area (Å²) in [6.07, 6.45) is -4.90. The molecule has 2 aromatic rings. The Labute approximate surface area is 142 Å². The van der Waals surface area contributed by atoms with E-state index in [1.807, 2.05) is 0 Å². The van der Waals surface area contributed by atoms with Crippen LogP contribution in [0.2, 0.25) is 0 Å². The van der Waals surface area contributed by atoms with E-state index in [-0.39, 0.29) is 18.0 Å². The third-order valence-corrected chi connectivity index (χ3v) is 4.47. The van der Waals surface area contributed by atoms with Crippen LogP contribution in [-0.2, 0) is 21.8 Å². The van der Waals surface area contributed by atoms with E-state index in [0.717, 1.165) is 12.1 Å². The molecule has 10 heteroatoms. The van der Waals surface area contributed by atoms with E-state index in [1.54, 1.807) is 19.1 Å². The summed E-state index contributed by atoms with van der Waals surface area (Å²) in [5.41, 5.74) is -2.89. The van der Waals surface area contributed by atoms with Gasteiger partial charge in [0.25, 0.3) is 0 Å². The first-order valence-corrected chi connectivity index (χ1v) is 8.62. The highest BCUT2D eigenvalue weighted by molar-refractivity contribution is 7.89. The van der Waals surface area contributed by atoms with Crippen molar-refractivity contribution in [2.45, 2.75) is 30.5 Å². The van der Waals surface area contributed by atoms with Gasteiger partial charge in [-0.1, -0.05) is 0 Å². The maximum atomic E-state index is 13.1. The Morgan fingerprint density at radius 2 is 1.88 bits per heavy atom. The monoisotopic (exact) mass is 378 g/mol. The SMILES string of the molecule is Cc1ccc(C(C)(O)CNc2ccc(S(N)(=O)=O)c(C(F)(F)F)c2)o1. The van der Waals surface area contributed by atoms with Crippen LogP contribution in [-0.4, -0.2) is 20.1 Å². The number of primary sulfonamides is 1. The van der Waals surface area contributed by atoms with Crippen molar-refractivity contribution < 1.29 is 31.1 Å². The van der Waals surface area contributed by atoms with Crippen molar-refractivity contribution >= 4 is 15.7 Å². The number of halogens is 3. The summed E-state index contributed by atoms with van der Waals surface area (Å²) >= 11 is 0. The molecule has 0 aliphatic rings. The minimum absolute atomic E-state index is 0.0247. The molecule has 4 N–H and O–H groups in total. The normalized spacial score (nSPS) is 15.0. The van der Waals surface area contributed by atoms with Gasteiger partial charge in [-0.3, -0.25) is 0 Å².